The van der Waals surface area contributed by atoms with Crippen molar-refractivity contribution in [2.24, 2.45) is 0 Å². The van der Waals surface area contributed by atoms with Crippen LogP contribution in [0, 0.1) is 15.9 Å². The lowest BCUT2D eigenvalue weighted by molar-refractivity contribution is -0.384. The van der Waals surface area contributed by atoms with Crippen LogP contribution in [0.25, 0.3) is 11.1 Å². The third kappa shape index (κ3) is 5.47. The monoisotopic (exact) mass is 507 g/mol. The molecule has 0 spiro atoms. The number of hydrogen-bond acceptors (Lipinski definition) is 6. The van der Waals surface area contributed by atoms with E-state index >= 15 is 0 Å². The van der Waals surface area contributed by atoms with E-state index in [-0.39, 0.29) is 27.7 Å². The van der Waals surface area contributed by atoms with E-state index < -0.39 is 26.7 Å². The maximum absolute atomic E-state index is 13.1. The van der Waals surface area contributed by atoms with Crippen molar-refractivity contribution in [2.45, 2.75) is 4.90 Å². The maximum atomic E-state index is 13.1. The number of hydrogen-bond donors (Lipinski definition) is 3. The molecule has 0 radical (unpaired) electrons. The molecule has 1 amide bonds. The van der Waals surface area contributed by atoms with E-state index in [1.54, 1.807) is 36.4 Å². The van der Waals surface area contributed by atoms with Crippen LogP contribution in [0.4, 0.5) is 21.5 Å². The molecule has 0 aliphatic heterocycles. The number of nitro groups is 1. The zero-order valence-corrected chi connectivity index (χ0v) is 19.2. The van der Waals surface area contributed by atoms with Gasteiger partial charge in [-0.2, -0.15) is 0 Å². The Bertz CT molecular complexity index is 1540. The second kappa shape index (κ2) is 9.84. The molecule has 182 valence electrons. The first-order valence-corrected chi connectivity index (χ1v) is 11.9. The van der Waals surface area contributed by atoms with Gasteiger partial charge in [-0.3, -0.25) is 19.6 Å². The number of nitro benzene ring substituents is 1. The second-order valence-corrected chi connectivity index (χ2v) is 9.31. The predicted octanol–water partition coefficient (Wildman–Crippen LogP) is 5.16. The molecule has 0 fully saturated rings. The van der Waals surface area contributed by atoms with Gasteiger partial charge < -0.3 is 10.4 Å². The number of nitrogens with zero attached hydrogens (tertiary/aromatic N) is 1. The normalized spacial score (nSPS) is 11.0. The highest BCUT2D eigenvalue weighted by Gasteiger charge is 2.17. The Labute approximate surface area is 205 Å². The fourth-order valence-electron chi connectivity index (χ4n) is 3.31. The summed E-state index contributed by atoms with van der Waals surface area (Å²) in [6.07, 6.45) is 0. The molecule has 11 heteroatoms. The summed E-state index contributed by atoms with van der Waals surface area (Å²) in [4.78, 5) is 22.8. The number of phenols is 1. The van der Waals surface area contributed by atoms with Crippen LogP contribution in [0.15, 0.2) is 95.9 Å². The first-order chi connectivity index (χ1) is 17.1. The van der Waals surface area contributed by atoms with Gasteiger partial charge in [-0.1, -0.05) is 12.1 Å². The maximum Gasteiger partial charge on any atom is 0.269 e. The Hall–Kier alpha value is -4.77. The van der Waals surface area contributed by atoms with Crippen molar-refractivity contribution in [2.75, 3.05) is 10.0 Å². The molecule has 0 aliphatic rings. The van der Waals surface area contributed by atoms with Crippen molar-refractivity contribution < 1.29 is 27.6 Å². The number of carbonyl (C=O) groups excluding carboxylic acids is 1. The molecule has 0 atom stereocenters. The summed E-state index contributed by atoms with van der Waals surface area (Å²) in [5.74, 6) is -1.45. The lowest BCUT2D eigenvalue weighted by Crippen LogP contribution is -2.14. The number of anilines is 2. The highest BCUT2D eigenvalue weighted by Crippen LogP contribution is 2.30. The molecule has 0 heterocycles. The molecule has 36 heavy (non-hydrogen) atoms. The van der Waals surface area contributed by atoms with Crippen LogP contribution in [0.3, 0.4) is 0 Å². The Morgan fingerprint density at radius 3 is 2.03 bits per heavy atom. The van der Waals surface area contributed by atoms with Gasteiger partial charge in [0.15, 0.2) is 0 Å². The number of amides is 1. The Kier molecular flexibility index (Phi) is 6.66. The van der Waals surface area contributed by atoms with Crippen LogP contribution in [-0.2, 0) is 10.0 Å². The van der Waals surface area contributed by atoms with E-state index in [0.29, 0.717) is 5.56 Å². The number of sulfonamides is 1. The first kappa shape index (κ1) is 24.4. The highest BCUT2D eigenvalue weighted by molar-refractivity contribution is 7.92. The minimum atomic E-state index is -4.12. The standard InChI is InChI=1S/C25H18FN3O6S/c26-19-7-12-22(13-8-19)36(34,35)28-23-15-20(9-14-24(23)30)27-25(31)18-3-1-16(2-4-18)17-5-10-21(11-6-17)29(32)33/h1-15,28,30H,(H,27,31). The number of benzene rings is 4. The Morgan fingerprint density at radius 2 is 1.44 bits per heavy atom. The number of halogens is 1. The SMILES string of the molecule is O=C(Nc1ccc(O)c(NS(=O)(=O)c2ccc(F)cc2)c1)c1ccc(-c2ccc([N+](=O)[O-])cc2)cc1. The average molecular weight is 507 g/mol. The van der Waals surface area contributed by atoms with Crippen LogP contribution in [0.5, 0.6) is 5.75 Å². The summed E-state index contributed by atoms with van der Waals surface area (Å²) in [6, 6.07) is 20.6. The topological polar surface area (TPSA) is 139 Å². The van der Waals surface area contributed by atoms with Gasteiger partial charge in [0.05, 0.1) is 15.5 Å². The molecule has 0 saturated carbocycles. The summed E-state index contributed by atoms with van der Waals surface area (Å²) >= 11 is 0. The number of aromatic hydroxyl groups is 1. The predicted molar refractivity (Wildman–Crippen MR) is 132 cm³/mol. The van der Waals surface area contributed by atoms with Gasteiger partial charge in [0, 0.05) is 23.4 Å². The molecule has 9 nitrogen and oxygen atoms in total. The van der Waals surface area contributed by atoms with Crippen LogP contribution in [0.2, 0.25) is 0 Å². The Balaban J connectivity index is 1.48. The van der Waals surface area contributed by atoms with Crippen molar-refractivity contribution in [3.05, 3.63) is 112 Å². The largest absolute Gasteiger partial charge is 0.506 e. The molecule has 0 bridgehead atoms. The van der Waals surface area contributed by atoms with Crippen LogP contribution >= 0.6 is 0 Å². The van der Waals surface area contributed by atoms with Gasteiger partial charge >= 0.3 is 0 Å². The minimum Gasteiger partial charge on any atom is -0.506 e. The van der Waals surface area contributed by atoms with Crippen molar-refractivity contribution in [3.8, 4) is 16.9 Å². The number of phenolic OH excluding ortho intramolecular Hbond substituents is 1. The lowest BCUT2D eigenvalue weighted by atomic mass is 10.0. The molecule has 0 unspecified atom stereocenters. The van der Waals surface area contributed by atoms with Gasteiger partial charge in [-0.05, 0) is 77.9 Å². The first-order valence-electron chi connectivity index (χ1n) is 10.4. The molecule has 4 rings (SSSR count). The van der Waals surface area contributed by atoms with Crippen LogP contribution in [0.1, 0.15) is 10.4 Å². The molecule has 0 saturated heterocycles. The average Bonchev–Trinajstić information content (AvgIpc) is 2.86. The van der Waals surface area contributed by atoms with E-state index in [1.165, 1.54) is 30.3 Å². The zero-order valence-electron chi connectivity index (χ0n) is 18.4. The summed E-state index contributed by atoms with van der Waals surface area (Å²) in [5, 5.41) is 23.5. The van der Waals surface area contributed by atoms with Gasteiger partial charge in [-0.25, -0.2) is 12.8 Å². The second-order valence-electron chi connectivity index (χ2n) is 7.63. The summed E-state index contributed by atoms with van der Waals surface area (Å²) in [7, 11) is -4.12. The molecule has 0 aromatic heterocycles. The van der Waals surface area contributed by atoms with Crippen molar-refractivity contribution in [3.63, 3.8) is 0 Å². The summed E-state index contributed by atoms with van der Waals surface area (Å²) in [6.45, 7) is 0. The summed E-state index contributed by atoms with van der Waals surface area (Å²) in [5.41, 5.74) is 1.82. The Morgan fingerprint density at radius 1 is 0.861 bits per heavy atom. The van der Waals surface area contributed by atoms with Crippen molar-refractivity contribution >= 4 is 33.0 Å². The number of rotatable bonds is 7. The quantitative estimate of drug-likeness (QED) is 0.137. The molecule has 4 aromatic rings. The molecular formula is C25H18FN3O6S. The van der Waals surface area contributed by atoms with Gasteiger partial charge in [-0.15, -0.1) is 0 Å². The van der Waals surface area contributed by atoms with Crippen molar-refractivity contribution in [1.29, 1.82) is 0 Å². The van der Waals surface area contributed by atoms with E-state index in [1.807, 2.05) is 0 Å². The number of nitrogens with one attached hydrogen (secondary N) is 2. The lowest BCUT2D eigenvalue weighted by Gasteiger charge is -2.12. The van der Waals surface area contributed by atoms with E-state index in [0.717, 1.165) is 35.4 Å². The molecule has 3 N–H and O–H groups in total. The van der Waals surface area contributed by atoms with E-state index in [2.05, 4.69) is 10.0 Å². The van der Waals surface area contributed by atoms with E-state index in [9.17, 15) is 32.8 Å². The fraction of sp³-hybridized carbons (Fsp3) is 0. The fourth-order valence-corrected chi connectivity index (χ4v) is 4.37. The van der Waals surface area contributed by atoms with Crippen molar-refractivity contribution in [1.82, 2.24) is 0 Å². The third-order valence-electron chi connectivity index (χ3n) is 5.18. The van der Waals surface area contributed by atoms with Crippen LogP contribution in [-0.4, -0.2) is 24.4 Å². The highest BCUT2D eigenvalue weighted by atomic mass is 32.2. The molecule has 4 aromatic carbocycles. The van der Waals surface area contributed by atoms with Crippen LogP contribution < -0.4 is 10.0 Å². The smallest absolute Gasteiger partial charge is 0.269 e. The molecule has 0 aliphatic carbocycles. The number of non-ortho nitro benzene ring substituents is 1. The van der Waals surface area contributed by atoms with Gasteiger partial charge in [0.25, 0.3) is 21.6 Å². The molecular weight excluding hydrogens is 489 g/mol. The third-order valence-corrected chi connectivity index (χ3v) is 6.56. The van der Waals surface area contributed by atoms with Gasteiger partial charge in [0.1, 0.15) is 11.6 Å². The van der Waals surface area contributed by atoms with Gasteiger partial charge in [0.2, 0.25) is 0 Å². The zero-order chi connectivity index (χ0) is 25.9. The number of carbonyl (C=O) groups is 1. The van der Waals surface area contributed by atoms with E-state index in [4.69, 9.17) is 0 Å². The summed E-state index contributed by atoms with van der Waals surface area (Å²) < 4.78 is 40.4. The minimum absolute atomic E-state index is 0.0250.